The third-order valence-electron chi connectivity index (χ3n) is 5.44. The van der Waals surface area contributed by atoms with Crippen molar-refractivity contribution in [1.82, 2.24) is 9.88 Å². The van der Waals surface area contributed by atoms with Gasteiger partial charge in [0.2, 0.25) is 0 Å². The summed E-state index contributed by atoms with van der Waals surface area (Å²) < 4.78 is 12.1. The summed E-state index contributed by atoms with van der Waals surface area (Å²) in [5.74, 6) is 1.79. The zero-order valence-corrected chi connectivity index (χ0v) is 17.2. The standard InChI is InChI=1S/C22H24N2O3S/c1-14-18(26-2)12-16(13-19(14)27-3)22(25)24-10-8-15(9-11-24)21-23-17-6-4-5-7-20(17)28-21/h4-7,12-13,15H,8-11H2,1-3H3. The van der Waals surface area contributed by atoms with E-state index in [-0.39, 0.29) is 5.91 Å². The first-order chi connectivity index (χ1) is 13.6. The molecule has 2 aromatic carbocycles. The number of fused-ring (bicyclic) bond motifs is 1. The number of amides is 1. The maximum absolute atomic E-state index is 13.0. The Bertz CT molecular complexity index is 948. The minimum absolute atomic E-state index is 0.0272. The molecule has 1 aliphatic heterocycles. The van der Waals surface area contributed by atoms with Crippen molar-refractivity contribution in [2.75, 3.05) is 27.3 Å². The molecule has 1 amide bonds. The Balaban J connectivity index is 1.48. The minimum atomic E-state index is 0.0272. The first-order valence-corrected chi connectivity index (χ1v) is 10.3. The molecule has 0 radical (unpaired) electrons. The van der Waals surface area contributed by atoms with Crippen molar-refractivity contribution in [2.45, 2.75) is 25.7 Å². The molecule has 1 aliphatic rings. The number of methoxy groups -OCH3 is 2. The average molecular weight is 397 g/mol. The number of carbonyl (C=O) groups excluding carboxylic acids is 1. The molecule has 3 aromatic rings. The molecule has 0 bridgehead atoms. The van der Waals surface area contributed by atoms with Crippen LogP contribution in [0, 0.1) is 6.92 Å². The van der Waals surface area contributed by atoms with Gasteiger partial charge in [-0.25, -0.2) is 4.98 Å². The highest BCUT2D eigenvalue weighted by Crippen LogP contribution is 2.35. The van der Waals surface area contributed by atoms with Crippen LogP contribution in [0.2, 0.25) is 0 Å². The number of hydrogen-bond acceptors (Lipinski definition) is 5. The van der Waals surface area contributed by atoms with Crippen molar-refractivity contribution < 1.29 is 14.3 Å². The fourth-order valence-corrected chi connectivity index (χ4v) is 4.92. The lowest BCUT2D eigenvalue weighted by Gasteiger charge is -2.31. The van der Waals surface area contributed by atoms with Gasteiger partial charge in [0.15, 0.2) is 0 Å². The van der Waals surface area contributed by atoms with Gasteiger partial charge in [-0.05, 0) is 44.0 Å². The molecular formula is C22H24N2O3S. The molecule has 1 fully saturated rings. The summed E-state index contributed by atoms with van der Waals surface area (Å²) in [7, 11) is 3.22. The van der Waals surface area contributed by atoms with E-state index in [4.69, 9.17) is 14.5 Å². The highest BCUT2D eigenvalue weighted by Gasteiger charge is 2.27. The maximum Gasteiger partial charge on any atom is 0.254 e. The van der Waals surface area contributed by atoms with Crippen LogP contribution in [0.5, 0.6) is 11.5 Å². The number of para-hydroxylation sites is 1. The number of benzene rings is 2. The van der Waals surface area contributed by atoms with E-state index in [9.17, 15) is 4.79 Å². The van der Waals surface area contributed by atoms with Crippen molar-refractivity contribution in [2.24, 2.45) is 0 Å². The molecule has 0 aliphatic carbocycles. The molecule has 1 aromatic heterocycles. The first kappa shape index (κ1) is 18.7. The van der Waals surface area contributed by atoms with Gasteiger partial charge in [-0.2, -0.15) is 0 Å². The second-order valence-corrected chi connectivity index (χ2v) is 8.15. The van der Waals surface area contributed by atoms with E-state index in [0.29, 0.717) is 23.0 Å². The summed E-state index contributed by atoms with van der Waals surface area (Å²) >= 11 is 1.77. The van der Waals surface area contributed by atoms with Gasteiger partial charge in [0, 0.05) is 30.1 Å². The van der Waals surface area contributed by atoms with E-state index in [2.05, 4.69) is 18.2 Å². The van der Waals surface area contributed by atoms with Crippen LogP contribution in [0.15, 0.2) is 36.4 Å². The summed E-state index contributed by atoms with van der Waals surface area (Å²) in [6.45, 7) is 3.39. The molecule has 4 rings (SSSR count). The van der Waals surface area contributed by atoms with Crippen molar-refractivity contribution in [3.63, 3.8) is 0 Å². The average Bonchev–Trinajstić information content (AvgIpc) is 3.18. The van der Waals surface area contributed by atoms with Crippen LogP contribution in [-0.4, -0.2) is 43.1 Å². The monoisotopic (exact) mass is 396 g/mol. The number of thiazole rings is 1. The molecule has 2 heterocycles. The van der Waals surface area contributed by atoms with Gasteiger partial charge in [-0.1, -0.05) is 12.1 Å². The van der Waals surface area contributed by atoms with E-state index < -0.39 is 0 Å². The van der Waals surface area contributed by atoms with Gasteiger partial charge < -0.3 is 14.4 Å². The Hall–Kier alpha value is -2.60. The fraction of sp³-hybridized carbons (Fsp3) is 0.364. The number of nitrogens with zero attached hydrogens (tertiary/aromatic N) is 2. The molecular weight excluding hydrogens is 372 g/mol. The van der Waals surface area contributed by atoms with Gasteiger partial charge in [0.05, 0.1) is 29.4 Å². The lowest BCUT2D eigenvalue weighted by atomic mass is 9.96. The summed E-state index contributed by atoms with van der Waals surface area (Å²) in [4.78, 5) is 19.8. The lowest BCUT2D eigenvalue weighted by Crippen LogP contribution is -2.37. The third-order valence-corrected chi connectivity index (χ3v) is 6.64. The second-order valence-electron chi connectivity index (χ2n) is 7.09. The van der Waals surface area contributed by atoms with Gasteiger partial charge in [-0.3, -0.25) is 4.79 Å². The van der Waals surface area contributed by atoms with E-state index >= 15 is 0 Å². The molecule has 0 unspecified atom stereocenters. The van der Waals surface area contributed by atoms with Crippen molar-refractivity contribution in [1.29, 1.82) is 0 Å². The smallest absolute Gasteiger partial charge is 0.254 e. The summed E-state index contributed by atoms with van der Waals surface area (Å²) in [5.41, 5.74) is 2.58. The van der Waals surface area contributed by atoms with Gasteiger partial charge in [0.1, 0.15) is 11.5 Å². The first-order valence-electron chi connectivity index (χ1n) is 9.48. The van der Waals surface area contributed by atoms with Crippen LogP contribution < -0.4 is 9.47 Å². The molecule has 6 heteroatoms. The van der Waals surface area contributed by atoms with Crippen molar-refractivity contribution in [3.8, 4) is 11.5 Å². The second kappa shape index (κ2) is 7.80. The highest BCUT2D eigenvalue weighted by molar-refractivity contribution is 7.18. The van der Waals surface area contributed by atoms with Gasteiger partial charge in [-0.15, -0.1) is 11.3 Å². The number of carbonyl (C=O) groups is 1. The highest BCUT2D eigenvalue weighted by atomic mass is 32.1. The number of rotatable bonds is 4. The Morgan fingerprint density at radius 1 is 1.11 bits per heavy atom. The predicted octanol–water partition coefficient (Wildman–Crippen LogP) is 4.64. The quantitative estimate of drug-likeness (QED) is 0.645. The zero-order chi connectivity index (χ0) is 19.7. The summed E-state index contributed by atoms with van der Waals surface area (Å²) in [6, 6.07) is 11.9. The fourth-order valence-electron chi connectivity index (χ4n) is 3.79. The topological polar surface area (TPSA) is 51.7 Å². The van der Waals surface area contributed by atoms with E-state index in [1.54, 1.807) is 37.7 Å². The van der Waals surface area contributed by atoms with Crippen LogP contribution in [0.3, 0.4) is 0 Å². The van der Waals surface area contributed by atoms with Crippen LogP contribution >= 0.6 is 11.3 Å². The van der Waals surface area contributed by atoms with E-state index in [0.717, 1.165) is 37.0 Å². The zero-order valence-electron chi connectivity index (χ0n) is 16.4. The Morgan fingerprint density at radius 2 is 1.75 bits per heavy atom. The summed E-state index contributed by atoms with van der Waals surface area (Å²) in [5, 5.41) is 1.19. The van der Waals surface area contributed by atoms with Crippen LogP contribution in [0.25, 0.3) is 10.2 Å². The van der Waals surface area contributed by atoms with E-state index in [1.807, 2.05) is 17.9 Å². The number of likely N-dealkylation sites (tertiary alicyclic amines) is 1. The van der Waals surface area contributed by atoms with Gasteiger partial charge in [0.25, 0.3) is 5.91 Å². The molecule has 5 nitrogen and oxygen atoms in total. The minimum Gasteiger partial charge on any atom is -0.496 e. The largest absolute Gasteiger partial charge is 0.496 e. The SMILES string of the molecule is COc1cc(C(=O)N2CCC(c3nc4ccccc4s3)CC2)cc(OC)c1C. The lowest BCUT2D eigenvalue weighted by molar-refractivity contribution is 0.0712. The molecule has 1 saturated heterocycles. The summed E-state index contributed by atoms with van der Waals surface area (Å²) in [6.07, 6.45) is 1.87. The molecule has 0 atom stereocenters. The van der Waals surface area contributed by atoms with Crippen molar-refractivity contribution >= 4 is 27.5 Å². The Labute approximate surface area is 168 Å². The third kappa shape index (κ3) is 3.44. The predicted molar refractivity (Wildman–Crippen MR) is 112 cm³/mol. The Kier molecular flexibility index (Phi) is 5.22. The van der Waals surface area contributed by atoms with Crippen LogP contribution in [0.1, 0.15) is 39.7 Å². The van der Waals surface area contributed by atoms with Crippen LogP contribution in [0.4, 0.5) is 0 Å². The number of ether oxygens (including phenoxy) is 2. The maximum atomic E-state index is 13.0. The molecule has 0 N–H and O–H groups in total. The molecule has 0 saturated carbocycles. The molecule has 146 valence electrons. The normalized spacial score (nSPS) is 15.0. The number of piperidine rings is 1. The van der Waals surface area contributed by atoms with Gasteiger partial charge >= 0.3 is 0 Å². The Morgan fingerprint density at radius 3 is 2.36 bits per heavy atom. The number of aromatic nitrogens is 1. The molecule has 28 heavy (non-hydrogen) atoms. The molecule has 0 spiro atoms. The van der Waals surface area contributed by atoms with Crippen molar-refractivity contribution in [3.05, 3.63) is 52.5 Å². The van der Waals surface area contributed by atoms with Crippen LogP contribution in [-0.2, 0) is 0 Å². The van der Waals surface area contributed by atoms with E-state index in [1.165, 1.54) is 9.71 Å². The number of hydrogen-bond donors (Lipinski definition) is 0.